The summed E-state index contributed by atoms with van der Waals surface area (Å²) >= 11 is 0. The van der Waals surface area contributed by atoms with Gasteiger partial charge in [-0.1, -0.05) is 0 Å². The third kappa shape index (κ3) is 2.48. The van der Waals surface area contributed by atoms with Crippen molar-refractivity contribution in [2.24, 2.45) is 7.05 Å². The highest BCUT2D eigenvalue weighted by atomic mass is 19.4. The fourth-order valence-electron chi connectivity index (χ4n) is 1.07. The van der Waals surface area contributed by atoms with Crippen LogP contribution in [0.3, 0.4) is 0 Å². The van der Waals surface area contributed by atoms with Crippen LogP contribution >= 0.6 is 0 Å². The molecule has 1 heterocycles. The van der Waals surface area contributed by atoms with E-state index in [2.05, 4.69) is 10.4 Å². The Morgan fingerprint density at radius 2 is 2.20 bits per heavy atom. The van der Waals surface area contributed by atoms with Crippen molar-refractivity contribution >= 4 is 5.91 Å². The van der Waals surface area contributed by atoms with Crippen molar-refractivity contribution in [2.75, 3.05) is 6.54 Å². The molecule has 1 N–H and O–H groups in total. The summed E-state index contributed by atoms with van der Waals surface area (Å²) in [7, 11) is 1.29. The molecule has 4 nitrogen and oxygen atoms in total. The van der Waals surface area contributed by atoms with E-state index in [0.29, 0.717) is 6.54 Å². The summed E-state index contributed by atoms with van der Waals surface area (Å²) in [6.45, 7) is 2.03. The van der Waals surface area contributed by atoms with Crippen LogP contribution < -0.4 is 5.32 Å². The van der Waals surface area contributed by atoms with E-state index in [-0.39, 0.29) is 5.69 Å². The first-order valence-electron chi connectivity index (χ1n) is 4.25. The van der Waals surface area contributed by atoms with Crippen molar-refractivity contribution in [1.29, 1.82) is 0 Å². The van der Waals surface area contributed by atoms with E-state index in [1.54, 1.807) is 6.92 Å². The molecule has 0 aliphatic rings. The number of nitrogens with zero attached hydrogens (tertiary/aromatic N) is 2. The molecule has 0 aliphatic heterocycles. The molecule has 7 heteroatoms. The molecular weight excluding hydrogens is 211 g/mol. The number of aromatic nitrogens is 2. The Balaban J connectivity index is 3.02. The van der Waals surface area contributed by atoms with Crippen LogP contribution in [-0.4, -0.2) is 22.2 Å². The smallest absolute Gasteiger partial charge is 0.351 e. The minimum atomic E-state index is -4.53. The number of hydrogen-bond acceptors (Lipinski definition) is 2. The molecule has 0 radical (unpaired) electrons. The van der Waals surface area contributed by atoms with E-state index in [1.165, 1.54) is 7.05 Å². The molecule has 1 amide bonds. The van der Waals surface area contributed by atoms with Gasteiger partial charge in [0.15, 0.2) is 5.69 Å². The van der Waals surface area contributed by atoms with Gasteiger partial charge in [-0.15, -0.1) is 0 Å². The Kier molecular flexibility index (Phi) is 3.01. The van der Waals surface area contributed by atoms with Crippen molar-refractivity contribution in [1.82, 2.24) is 15.1 Å². The Hall–Kier alpha value is -1.53. The fraction of sp³-hybridized carbons (Fsp3) is 0.500. The molecule has 84 valence electrons. The lowest BCUT2D eigenvalue weighted by Gasteiger charge is -2.00. The zero-order valence-corrected chi connectivity index (χ0v) is 8.22. The average Bonchev–Trinajstić information content (AvgIpc) is 2.47. The summed E-state index contributed by atoms with van der Waals surface area (Å²) in [5.41, 5.74) is -1.17. The van der Waals surface area contributed by atoms with Gasteiger partial charge in [-0.25, -0.2) is 0 Å². The minimum absolute atomic E-state index is 0.107. The Bertz CT molecular complexity index is 370. The van der Waals surface area contributed by atoms with Crippen molar-refractivity contribution in [3.63, 3.8) is 0 Å². The summed E-state index contributed by atoms with van der Waals surface area (Å²) in [6.07, 6.45) is -4.53. The summed E-state index contributed by atoms with van der Waals surface area (Å²) in [5.74, 6) is -0.567. The molecule has 1 aromatic rings. The molecular formula is C8H10F3N3O. The summed E-state index contributed by atoms with van der Waals surface area (Å²) in [5, 5.41) is 5.62. The van der Waals surface area contributed by atoms with E-state index < -0.39 is 17.8 Å². The maximum absolute atomic E-state index is 12.2. The zero-order chi connectivity index (χ0) is 11.6. The van der Waals surface area contributed by atoms with E-state index in [4.69, 9.17) is 0 Å². The normalized spacial score (nSPS) is 11.5. The number of rotatable bonds is 2. The number of carbonyl (C=O) groups excluding carboxylic acids is 1. The molecule has 0 unspecified atom stereocenters. The van der Waals surface area contributed by atoms with Crippen LogP contribution in [0.5, 0.6) is 0 Å². The van der Waals surface area contributed by atoms with Gasteiger partial charge in [0.2, 0.25) is 0 Å². The topological polar surface area (TPSA) is 46.9 Å². The lowest BCUT2D eigenvalue weighted by Crippen LogP contribution is -2.24. The second-order valence-corrected chi connectivity index (χ2v) is 2.90. The van der Waals surface area contributed by atoms with Crippen LogP contribution in [0.25, 0.3) is 0 Å². The first-order valence-corrected chi connectivity index (χ1v) is 4.25. The van der Waals surface area contributed by atoms with Crippen LogP contribution in [0.1, 0.15) is 23.1 Å². The molecule has 0 saturated heterocycles. The molecule has 15 heavy (non-hydrogen) atoms. The van der Waals surface area contributed by atoms with Crippen LogP contribution in [0.4, 0.5) is 13.2 Å². The van der Waals surface area contributed by atoms with Gasteiger partial charge in [-0.3, -0.25) is 9.48 Å². The SMILES string of the molecule is CCNC(=O)c1cc(C(F)(F)F)nn1C. The van der Waals surface area contributed by atoms with Crippen LogP contribution in [0, 0.1) is 0 Å². The van der Waals surface area contributed by atoms with Gasteiger partial charge in [-0.2, -0.15) is 18.3 Å². The maximum atomic E-state index is 12.2. The van der Waals surface area contributed by atoms with Gasteiger partial charge in [-0.05, 0) is 6.92 Å². The predicted molar refractivity (Wildman–Crippen MR) is 46.2 cm³/mol. The van der Waals surface area contributed by atoms with Crippen molar-refractivity contribution in [3.05, 3.63) is 17.5 Å². The third-order valence-corrected chi connectivity index (χ3v) is 1.74. The lowest BCUT2D eigenvalue weighted by molar-refractivity contribution is -0.141. The predicted octanol–water partition coefficient (Wildman–Crippen LogP) is 1.19. The molecule has 0 saturated carbocycles. The van der Waals surface area contributed by atoms with Gasteiger partial charge >= 0.3 is 6.18 Å². The first-order chi connectivity index (χ1) is 6.86. The first kappa shape index (κ1) is 11.5. The fourth-order valence-corrected chi connectivity index (χ4v) is 1.07. The Morgan fingerprint density at radius 3 is 2.60 bits per heavy atom. The van der Waals surface area contributed by atoms with Gasteiger partial charge < -0.3 is 5.32 Å². The molecule has 1 aromatic heterocycles. The number of aryl methyl sites for hydroxylation is 1. The van der Waals surface area contributed by atoms with Crippen LogP contribution in [0.2, 0.25) is 0 Å². The van der Waals surface area contributed by atoms with Crippen LogP contribution in [0.15, 0.2) is 6.07 Å². The molecule has 0 atom stereocenters. The molecule has 0 spiro atoms. The largest absolute Gasteiger partial charge is 0.435 e. The van der Waals surface area contributed by atoms with Gasteiger partial charge in [0, 0.05) is 19.7 Å². The maximum Gasteiger partial charge on any atom is 0.435 e. The molecule has 0 bridgehead atoms. The number of amides is 1. The van der Waals surface area contributed by atoms with Crippen molar-refractivity contribution in [2.45, 2.75) is 13.1 Å². The number of hydrogen-bond donors (Lipinski definition) is 1. The number of carbonyl (C=O) groups is 1. The van der Waals surface area contributed by atoms with Crippen molar-refractivity contribution < 1.29 is 18.0 Å². The lowest BCUT2D eigenvalue weighted by atomic mass is 10.3. The van der Waals surface area contributed by atoms with E-state index >= 15 is 0 Å². The van der Waals surface area contributed by atoms with E-state index in [0.717, 1.165) is 10.7 Å². The molecule has 0 fully saturated rings. The average molecular weight is 221 g/mol. The highest BCUT2D eigenvalue weighted by molar-refractivity contribution is 5.92. The molecule has 1 rings (SSSR count). The van der Waals surface area contributed by atoms with Crippen molar-refractivity contribution in [3.8, 4) is 0 Å². The number of nitrogens with one attached hydrogen (secondary N) is 1. The molecule has 0 aliphatic carbocycles. The second kappa shape index (κ2) is 3.92. The number of halogens is 3. The Morgan fingerprint density at radius 1 is 1.60 bits per heavy atom. The highest BCUT2D eigenvalue weighted by Gasteiger charge is 2.35. The van der Waals surface area contributed by atoms with Gasteiger partial charge in [0.25, 0.3) is 5.91 Å². The summed E-state index contributed by atoms with van der Waals surface area (Å²) in [4.78, 5) is 11.3. The minimum Gasteiger partial charge on any atom is -0.351 e. The zero-order valence-electron chi connectivity index (χ0n) is 8.22. The summed E-state index contributed by atoms with van der Waals surface area (Å²) in [6, 6.07) is 0.727. The second-order valence-electron chi connectivity index (χ2n) is 2.90. The number of alkyl halides is 3. The quantitative estimate of drug-likeness (QED) is 0.815. The highest BCUT2D eigenvalue weighted by Crippen LogP contribution is 2.28. The third-order valence-electron chi connectivity index (χ3n) is 1.74. The van der Waals surface area contributed by atoms with Gasteiger partial charge in [0.05, 0.1) is 0 Å². The standard InChI is InChI=1S/C8H10F3N3O/c1-3-12-7(15)5-4-6(8(9,10)11)13-14(5)2/h4H,3H2,1-2H3,(H,12,15). The monoisotopic (exact) mass is 221 g/mol. The van der Waals surface area contributed by atoms with E-state index in [9.17, 15) is 18.0 Å². The van der Waals surface area contributed by atoms with Gasteiger partial charge in [0.1, 0.15) is 5.69 Å². The summed E-state index contributed by atoms with van der Waals surface area (Å²) < 4.78 is 37.6. The van der Waals surface area contributed by atoms with Crippen LogP contribution in [-0.2, 0) is 13.2 Å². The molecule has 0 aromatic carbocycles. The Labute approximate surface area is 84.1 Å². The van der Waals surface area contributed by atoms with E-state index in [1.807, 2.05) is 0 Å².